The van der Waals surface area contributed by atoms with Gasteiger partial charge in [-0.2, -0.15) is 0 Å². The predicted molar refractivity (Wildman–Crippen MR) is 45.0 cm³/mol. The van der Waals surface area contributed by atoms with Gasteiger partial charge in [0.1, 0.15) is 0 Å². The van der Waals surface area contributed by atoms with Crippen LogP contribution in [0.15, 0.2) is 18.2 Å². The summed E-state index contributed by atoms with van der Waals surface area (Å²) in [5, 5.41) is 8.98. The number of benzene rings is 1. The van der Waals surface area contributed by atoms with Crippen LogP contribution in [0.3, 0.4) is 0 Å². The standard InChI is InChI=1S/C9H8O5/c1-12-8(10)5-2-3-6-7(4-5)14-9(11)13-6/h2-4,9,11H,1H3. The van der Waals surface area contributed by atoms with Crippen molar-refractivity contribution in [3.8, 4) is 11.5 Å². The number of hydrogen-bond acceptors (Lipinski definition) is 5. The fourth-order valence-electron chi connectivity index (χ4n) is 1.18. The van der Waals surface area contributed by atoms with E-state index in [9.17, 15) is 4.79 Å². The lowest BCUT2D eigenvalue weighted by atomic mass is 10.2. The van der Waals surface area contributed by atoms with Gasteiger partial charge in [-0.3, -0.25) is 0 Å². The number of hydrogen-bond donors (Lipinski definition) is 1. The van der Waals surface area contributed by atoms with Crippen molar-refractivity contribution in [2.45, 2.75) is 6.48 Å². The van der Waals surface area contributed by atoms with Crippen molar-refractivity contribution in [2.24, 2.45) is 0 Å². The van der Waals surface area contributed by atoms with E-state index in [0.29, 0.717) is 17.1 Å². The van der Waals surface area contributed by atoms with Crippen LogP contribution in [-0.2, 0) is 4.74 Å². The van der Waals surface area contributed by atoms with E-state index in [1.54, 1.807) is 0 Å². The Bertz CT molecular complexity index is 373. The van der Waals surface area contributed by atoms with Crippen LogP contribution in [-0.4, -0.2) is 24.7 Å². The highest BCUT2D eigenvalue weighted by Crippen LogP contribution is 2.34. The summed E-state index contributed by atoms with van der Waals surface area (Å²) in [7, 11) is 1.29. The number of aliphatic hydroxyl groups is 1. The normalized spacial score (nSPS) is 18.0. The molecule has 0 amide bonds. The largest absolute Gasteiger partial charge is 0.465 e. The van der Waals surface area contributed by atoms with Gasteiger partial charge in [-0.25, -0.2) is 4.79 Å². The Morgan fingerprint density at radius 1 is 1.43 bits per heavy atom. The number of ether oxygens (including phenoxy) is 3. The number of methoxy groups -OCH3 is 1. The zero-order valence-corrected chi connectivity index (χ0v) is 7.39. The van der Waals surface area contributed by atoms with E-state index in [4.69, 9.17) is 14.6 Å². The maximum Gasteiger partial charge on any atom is 0.358 e. The third kappa shape index (κ3) is 1.38. The highest BCUT2D eigenvalue weighted by molar-refractivity contribution is 5.90. The van der Waals surface area contributed by atoms with Gasteiger partial charge in [-0.1, -0.05) is 0 Å². The number of aliphatic hydroxyl groups excluding tert-OH is 1. The molecule has 0 bridgehead atoms. The van der Waals surface area contributed by atoms with Crippen molar-refractivity contribution in [3.63, 3.8) is 0 Å². The summed E-state index contributed by atoms with van der Waals surface area (Å²) >= 11 is 0. The lowest BCUT2D eigenvalue weighted by Crippen LogP contribution is -2.15. The van der Waals surface area contributed by atoms with Gasteiger partial charge in [0, 0.05) is 0 Å². The number of carbonyl (C=O) groups excluding carboxylic acids is 1. The predicted octanol–water partition coefficient (Wildman–Crippen LogP) is 0.520. The number of carbonyl (C=O) groups is 1. The maximum absolute atomic E-state index is 11.1. The first-order valence-corrected chi connectivity index (χ1v) is 3.94. The second-order valence-corrected chi connectivity index (χ2v) is 2.70. The van der Waals surface area contributed by atoms with E-state index in [1.807, 2.05) is 0 Å². The topological polar surface area (TPSA) is 65.0 Å². The average molecular weight is 196 g/mol. The minimum atomic E-state index is -1.29. The van der Waals surface area contributed by atoms with Gasteiger partial charge in [0.05, 0.1) is 12.7 Å². The Balaban J connectivity index is 2.33. The molecule has 0 radical (unpaired) electrons. The third-order valence-electron chi connectivity index (χ3n) is 1.82. The molecule has 0 aliphatic carbocycles. The first-order valence-electron chi connectivity index (χ1n) is 3.94. The minimum Gasteiger partial charge on any atom is -0.465 e. The second kappa shape index (κ2) is 3.19. The van der Waals surface area contributed by atoms with Crippen LogP contribution in [0.1, 0.15) is 10.4 Å². The molecule has 1 N–H and O–H groups in total. The molecule has 5 heteroatoms. The highest BCUT2D eigenvalue weighted by atomic mass is 16.8. The molecule has 1 atom stereocenters. The van der Waals surface area contributed by atoms with Crippen LogP contribution in [0, 0.1) is 0 Å². The van der Waals surface area contributed by atoms with Crippen molar-refractivity contribution in [3.05, 3.63) is 23.8 Å². The van der Waals surface area contributed by atoms with E-state index in [1.165, 1.54) is 25.3 Å². The van der Waals surface area contributed by atoms with Crippen LogP contribution < -0.4 is 9.47 Å². The van der Waals surface area contributed by atoms with Crippen LogP contribution in [0.2, 0.25) is 0 Å². The monoisotopic (exact) mass is 196 g/mol. The Morgan fingerprint density at radius 2 is 2.14 bits per heavy atom. The summed E-state index contributed by atoms with van der Waals surface area (Å²) in [5.41, 5.74) is 0.351. The van der Waals surface area contributed by atoms with Gasteiger partial charge in [0.2, 0.25) is 0 Å². The molecule has 1 aromatic carbocycles. The molecule has 0 aromatic heterocycles. The number of fused-ring (bicyclic) bond motifs is 1. The van der Waals surface area contributed by atoms with E-state index in [2.05, 4.69) is 4.74 Å². The van der Waals surface area contributed by atoms with E-state index < -0.39 is 12.4 Å². The van der Waals surface area contributed by atoms with Crippen LogP contribution in [0.4, 0.5) is 0 Å². The van der Waals surface area contributed by atoms with Crippen LogP contribution in [0.25, 0.3) is 0 Å². The van der Waals surface area contributed by atoms with Gasteiger partial charge in [-0.15, -0.1) is 0 Å². The fraction of sp³-hybridized carbons (Fsp3) is 0.222. The van der Waals surface area contributed by atoms with E-state index >= 15 is 0 Å². The molecule has 0 saturated carbocycles. The van der Waals surface area contributed by atoms with Crippen molar-refractivity contribution in [1.82, 2.24) is 0 Å². The van der Waals surface area contributed by atoms with Crippen molar-refractivity contribution >= 4 is 5.97 Å². The Labute approximate surface area is 79.8 Å². The zero-order valence-electron chi connectivity index (χ0n) is 7.39. The first kappa shape index (κ1) is 8.83. The van der Waals surface area contributed by atoms with E-state index in [0.717, 1.165) is 0 Å². The molecular weight excluding hydrogens is 188 g/mol. The van der Waals surface area contributed by atoms with Gasteiger partial charge in [-0.05, 0) is 18.2 Å². The molecule has 1 aromatic rings. The highest BCUT2D eigenvalue weighted by Gasteiger charge is 2.23. The number of esters is 1. The lowest BCUT2D eigenvalue weighted by molar-refractivity contribution is -0.133. The van der Waals surface area contributed by atoms with Gasteiger partial charge in [0.15, 0.2) is 11.5 Å². The summed E-state index contributed by atoms with van der Waals surface area (Å²) in [4.78, 5) is 11.1. The average Bonchev–Trinajstić information content (AvgIpc) is 2.55. The molecule has 1 unspecified atom stereocenters. The molecular formula is C9H8O5. The third-order valence-corrected chi connectivity index (χ3v) is 1.82. The van der Waals surface area contributed by atoms with Crippen molar-refractivity contribution < 1.29 is 24.1 Å². The zero-order chi connectivity index (χ0) is 10.1. The summed E-state index contributed by atoms with van der Waals surface area (Å²) in [6.45, 7) is -1.29. The molecule has 1 aliphatic heterocycles. The molecule has 2 rings (SSSR count). The Kier molecular flexibility index (Phi) is 2.01. The summed E-state index contributed by atoms with van der Waals surface area (Å²) in [5.74, 6) is 0.281. The first-order chi connectivity index (χ1) is 6.70. The van der Waals surface area contributed by atoms with Crippen LogP contribution in [0.5, 0.6) is 11.5 Å². The smallest absolute Gasteiger partial charge is 0.358 e. The SMILES string of the molecule is COC(=O)c1ccc2c(c1)OC(O)O2. The number of rotatable bonds is 1. The molecule has 1 heterocycles. The van der Waals surface area contributed by atoms with Gasteiger partial charge < -0.3 is 19.3 Å². The molecule has 74 valence electrons. The summed E-state index contributed by atoms with van der Waals surface area (Å²) in [6.07, 6.45) is 0. The molecule has 0 fully saturated rings. The molecule has 0 spiro atoms. The lowest BCUT2D eigenvalue weighted by Gasteiger charge is -1.99. The molecule has 0 saturated heterocycles. The minimum absolute atomic E-state index is 0.334. The Hall–Kier alpha value is -1.75. The molecule has 5 nitrogen and oxygen atoms in total. The van der Waals surface area contributed by atoms with Crippen molar-refractivity contribution in [1.29, 1.82) is 0 Å². The van der Waals surface area contributed by atoms with Gasteiger partial charge >= 0.3 is 12.4 Å². The van der Waals surface area contributed by atoms with Crippen molar-refractivity contribution in [2.75, 3.05) is 7.11 Å². The summed E-state index contributed by atoms with van der Waals surface area (Å²) in [6, 6.07) is 4.53. The van der Waals surface area contributed by atoms with Crippen LogP contribution >= 0.6 is 0 Å². The quantitative estimate of drug-likeness (QED) is 0.663. The second-order valence-electron chi connectivity index (χ2n) is 2.70. The molecule has 14 heavy (non-hydrogen) atoms. The molecule has 1 aliphatic rings. The van der Waals surface area contributed by atoms with Gasteiger partial charge in [0.25, 0.3) is 0 Å². The summed E-state index contributed by atoms with van der Waals surface area (Å²) < 4.78 is 14.2. The Morgan fingerprint density at radius 3 is 2.86 bits per heavy atom. The maximum atomic E-state index is 11.1. The fourth-order valence-corrected chi connectivity index (χ4v) is 1.18. The van der Waals surface area contributed by atoms with E-state index in [-0.39, 0.29) is 0 Å².